The molecule has 0 spiro atoms. The van der Waals surface area contributed by atoms with Crippen molar-refractivity contribution >= 4 is 50.6 Å². The third-order valence-electron chi connectivity index (χ3n) is 5.06. The Balaban J connectivity index is 1.79. The van der Waals surface area contributed by atoms with Gasteiger partial charge < -0.3 is 4.42 Å². The van der Waals surface area contributed by atoms with Crippen LogP contribution in [0.25, 0.3) is 11.0 Å². The predicted molar refractivity (Wildman–Crippen MR) is 116 cm³/mol. The number of thiazole rings is 1. The predicted octanol–water partition coefficient (Wildman–Crippen LogP) is 4.87. The number of nitrogens with zero attached hydrogens (tertiary/aromatic N) is 3. The maximum atomic E-state index is 13.4. The van der Waals surface area contributed by atoms with E-state index in [9.17, 15) is 19.7 Å². The number of anilines is 1. The summed E-state index contributed by atoms with van der Waals surface area (Å²) in [6, 6.07) is 9.51. The second kappa shape index (κ2) is 7.00. The van der Waals surface area contributed by atoms with Crippen LogP contribution >= 0.6 is 22.9 Å². The van der Waals surface area contributed by atoms with Crippen molar-refractivity contribution in [3.8, 4) is 0 Å². The van der Waals surface area contributed by atoms with E-state index in [4.69, 9.17) is 16.0 Å². The molecule has 5 rings (SSSR count). The van der Waals surface area contributed by atoms with Gasteiger partial charge in [0.2, 0.25) is 5.76 Å². The number of amides is 1. The molecule has 0 radical (unpaired) electrons. The monoisotopic (exact) mass is 453 g/mol. The van der Waals surface area contributed by atoms with E-state index in [1.165, 1.54) is 46.6 Å². The van der Waals surface area contributed by atoms with Gasteiger partial charge in [-0.3, -0.25) is 24.6 Å². The lowest BCUT2D eigenvalue weighted by Crippen LogP contribution is -2.29. The van der Waals surface area contributed by atoms with Gasteiger partial charge in [-0.05, 0) is 42.8 Å². The van der Waals surface area contributed by atoms with Crippen molar-refractivity contribution in [1.82, 2.24) is 4.98 Å². The first kappa shape index (κ1) is 19.4. The van der Waals surface area contributed by atoms with Crippen LogP contribution in [0.2, 0.25) is 5.02 Å². The van der Waals surface area contributed by atoms with E-state index in [1.54, 1.807) is 24.4 Å². The van der Waals surface area contributed by atoms with E-state index in [1.807, 2.05) is 0 Å². The van der Waals surface area contributed by atoms with Crippen molar-refractivity contribution in [1.29, 1.82) is 0 Å². The molecule has 3 heterocycles. The smallest absolute Gasteiger partial charge is 0.297 e. The molecule has 0 bridgehead atoms. The highest BCUT2D eigenvalue weighted by Crippen LogP contribution is 2.42. The van der Waals surface area contributed by atoms with Gasteiger partial charge in [0.25, 0.3) is 11.6 Å². The molecule has 0 fully saturated rings. The minimum Gasteiger partial charge on any atom is -0.450 e. The Morgan fingerprint density at radius 3 is 2.58 bits per heavy atom. The van der Waals surface area contributed by atoms with Gasteiger partial charge >= 0.3 is 0 Å². The summed E-state index contributed by atoms with van der Waals surface area (Å²) >= 11 is 7.33. The summed E-state index contributed by atoms with van der Waals surface area (Å²) in [7, 11) is 0. The summed E-state index contributed by atoms with van der Waals surface area (Å²) in [6.07, 6.45) is 0. The third kappa shape index (κ3) is 3.01. The standard InChI is InChI=1S/C21H12ClN3O5S/c1-10-9-31-21(23-10)24-17(11-2-5-13(6-3-11)25(28)29)16-18(26)14-8-12(22)4-7-15(14)30-19(16)20(24)27/h2-9,17H,1H3/t17-/m0/s1. The van der Waals surface area contributed by atoms with Gasteiger partial charge in [0.1, 0.15) is 5.58 Å². The zero-order chi connectivity index (χ0) is 21.9. The van der Waals surface area contributed by atoms with Crippen LogP contribution in [0.15, 0.2) is 57.1 Å². The Labute approximate surface area is 183 Å². The number of hydrogen-bond donors (Lipinski definition) is 0. The molecule has 0 N–H and O–H groups in total. The molecule has 154 valence electrons. The lowest BCUT2D eigenvalue weighted by molar-refractivity contribution is -0.384. The van der Waals surface area contributed by atoms with Crippen LogP contribution in [-0.2, 0) is 0 Å². The maximum absolute atomic E-state index is 13.4. The number of carbonyl (C=O) groups excluding carboxylic acids is 1. The van der Waals surface area contributed by atoms with Gasteiger partial charge in [-0.25, -0.2) is 4.98 Å². The number of aryl methyl sites for hydroxylation is 1. The largest absolute Gasteiger partial charge is 0.450 e. The third-order valence-corrected chi connectivity index (χ3v) is 6.26. The molecule has 1 aliphatic rings. The van der Waals surface area contributed by atoms with Crippen LogP contribution in [0.5, 0.6) is 0 Å². The van der Waals surface area contributed by atoms with Gasteiger partial charge in [0.05, 0.1) is 27.6 Å². The van der Waals surface area contributed by atoms with Crippen molar-refractivity contribution in [2.24, 2.45) is 0 Å². The second-order valence-corrected chi connectivity index (χ2v) is 8.29. The van der Waals surface area contributed by atoms with Gasteiger partial charge in [0.15, 0.2) is 10.6 Å². The van der Waals surface area contributed by atoms with Gasteiger partial charge in [-0.2, -0.15) is 0 Å². The Kier molecular flexibility index (Phi) is 4.38. The van der Waals surface area contributed by atoms with E-state index >= 15 is 0 Å². The zero-order valence-corrected chi connectivity index (χ0v) is 17.4. The molecule has 1 atom stereocenters. The number of nitro benzene ring substituents is 1. The number of rotatable bonds is 3. The lowest BCUT2D eigenvalue weighted by atomic mass is 9.98. The van der Waals surface area contributed by atoms with Crippen molar-refractivity contribution in [3.63, 3.8) is 0 Å². The van der Waals surface area contributed by atoms with Crippen LogP contribution < -0.4 is 10.3 Å². The fraction of sp³-hybridized carbons (Fsp3) is 0.0952. The van der Waals surface area contributed by atoms with E-state index in [0.717, 1.165) is 5.69 Å². The van der Waals surface area contributed by atoms with Crippen LogP contribution in [0.4, 0.5) is 10.8 Å². The summed E-state index contributed by atoms with van der Waals surface area (Å²) in [4.78, 5) is 43.1. The van der Waals surface area contributed by atoms with Crippen LogP contribution in [0.3, 0.4) is 0 Å². The molecule has 2 aromatic carbocycles. The van der Waals surface area contributed by atoms with E-state index < -0.39 is 16.9 Å². The maximum Gasteiger partial charge on any atom is 0.297 e. The molecule has 0 unspecified atom stereocenters. The first-order valence-corrected chi connectivity index (χ1v) is 10.4. The molecule has 4 aromatic rings. The van der Waals surface area contributed by atoms with Crippen molar-refractivity contribution in [3.05, 3.63) is 95.8 Å². The summed E-state index contributed by atoms with van der Waals surface area (Å²) in [5.74, 6) is -0.572. The Morgan fingerprint density at radius 2 is 1.94 bits per heavy atom. The number of non-ortho nitro benzene ring substituents is 1. The summed E-state index contributed by atoms with van der Waals surface area (Å²) in [5, 5.41) is 13.9. The normalized spacial score (nSPS) is 15.5. The van der Waals surface area contributed by atoms with Crippen molar-refractivity contribution < 1.29 is 14.1 Å². The Bertz CT molecular complexity index is 1440. The molecular formula is C21H12ClN3O5S. The van der Waals surface area contributed by atoms with Crippen LogP contribution in [0.1, 0.15) is 33.4 Å². The van der Waals surface area contributed by atoms with E-state index in [-0.39, 0.29) is 33.4 Å². The molecule has 1 amide bonds. The summed E-state index contributed by atoms with van der Waals surface area (Å²) < 4.78 is 5.84. The highest BCUT2D eigenvalue weighted by atomic mass is 35.5. The van der Waals surface area contributed by atoms with Crippen LogP contribution in [-0.4, -0.2) is 15.8 Å². The highest BCUT2D eigenvalue weighted by Gasteiger charge is 2.45. The SMILES string of the molecule is Cc1csc(N2C(=O)c3oc4ccc(Cl)cc4c(=O)c3[C@@H]2c2ccc([N+](=O)[O-])cc2)n1. The average molecular weight is 454 g/mol. The number of hydrogen-bond acceptors (Lipinski definition) is 7. The molecule has 2 aromatic heterocycles. The Hall–Kier alpha value is -3.56. The molecule has 0 aliphatic carbocycles. The highest BCUT2D eigenvalue weighted by molar-refractivity contribution is 7.14. The summed E-state index contributed by atoms with van der Waals surface area (Å²) in [6.45, 7) is 1.80. The number of aromatic nitrogens is 1. The number of fused-ring (bicyclic) bond motifs is 2. The molecule has 8 nitrogen and oxygen atoms in total. The zero-order valence-electron chi connectivity index (χ0n) is 15.9. The second-order valence-electron chi connectivity index (χ2n) is 7.01. The van der Waals surface area contributed by atoms with Crippen molar-refractivity contribution in [2.45, 2.75) is 13.0 Å². The molecule has 0 saturated carbocycles. The molecule has 31 heavy (non-hydrogen) atoms. The first-order valence-electron chi connectivity index (χ1n) is 9.11. The molecule has 0 saturated heterocycles. The number of nitro groups is 1. The number of carbonyl (C=O) groups is 1. The Morgan fingerprint density at radius 1 is 1.19 bits per heavy atom. The fourth-order valence-electron chi connectivity index (χ4n) is 3.69. The van der Waals surface area contributed by atoms with Crippen LogP contribution in [0, 0.1) is 17.0 Å². The molecular weight excluding hydrogens is 442 g/mol. The van der Waals surface area contributed by atoms with Crippen molar-refractivity contribution in [2.75, 3.05) is 4.90 Å². The number of halogens is 1. The molecule has 1 aliphatic heterocycles. The topological polar surface area (TPSA) is 107 Å². The molecule has 10 heteroatoms. The average Bonchev–Trinajstić information content (AvgIpc) is 3.30. The van der Waals surface area contributed by atoms with E-state index in [0.29, 0.717) is 15.7 Å². The van der Waals surface area contributed by atoms with E-state index in [2.05, 4.69) is 4.98 Å². The summed E-state index contributed by atoms with van der Waals surface area (Å²) in [5.41, 5.74) is 1.18. The van der Waals surface area contributed by atoms with Gasteiger partial charge in [-0.1, -0.05) is 11.6 Å². The number of benzene rings is 2. The van der Waals surface area contributed by atoms with Gasteiger partial charge in [-0.15, -0.1) is 11.3 Å². The lowest BCUT2D eigenvalue weighted by Gasteiger charge is -2.22. The first-order chi connectivity index (χ1) is 14.8. The minimum atomic E-state index is -0.839. The minimum absolute atomic E-state index is 0.0731. The van der Waals surface area contributed by atoms with Gasteiger partial charge in [0, 0.05) is 22.5 Å². The quantitative estimate of drug-likeness (QED) is 0.323. The fourth-order valence-corrected chi connectivity index (χ4v) is 4.69.